The van der Waals surface area contributed by atoms with Crippen molar-refractivity contribution >= 4 is 5.91 Å². The Hall–Kier alpha value is -1.78. The minimum absolute atomic E-state index is 0.0204. The van der Waals surface area contributed by atoms with Gasteiger partial charge in [0.05, 0.1) is 7.11 Å². The maximum Gasteiger partial charge on any atom is 0.274 e. The van der Waals surface area contributed by atoms with Crippen molar-refractivity contribution in [2.45, 2.75) is 45.1 Å². The molecule has 2 N–H and O–H groups in total. The molecule has 1 aliphatic rings. The summed E-state index contributed by atoms with van der Waals surface area (Å²) in [7, 11) is 1.45. The first-order valence-corrected chi connectivity index (χ1v) is 7.16. The van der Waals surface area contributed by atoms with Crippen LogP contribution in [0.15, 0.2) is 12.3 Å². The summed E-state index contributed by atoms with van der Waals surface area (Å²) in [5, 5.41) is 12.9. The molecule has 0 bridgehead atoms. The van der Waals surface area contributed by atoms with Gasteiger partial charge in [0.15, 0.2) is 17.2 Å². The van der Waals surface area contributed by atoms with E-state index in [1.54, 1.807) is 0 Å². The number of ether oxygens (including phenoxy) is 1. The van der Waals surface area contributed by atoms with Crippen LogP contribution in [0.4, 0.5) is 0 Å². The van der Waals surface area contributed by atoms with Gasteiger partial charge in [0.2, 0.25) is 0 Å². The Morgan fingerprint density at radius 2 is 2.15 bits per heavy atom. The highest BCUT2D eigenvalue weighted by Gasteiger charge is 2.24. The van der Waals surface area contributed by atoms with Crippen molar-refractivity contribution in [3.8, 4) is 11.5 Å². The van der Waals surface area contributed by atoms with Crippen molar-refractivity contribution < 1.29 is 14.6 Å². The van der Waals surface area contributed by atoms with Gasteiger partial charge in [-0.15, -0.1) is 0 Å². The Balaban J connectivity index is 2.04. The van der Waals surface area contributed by atoms with Crippen LogP contribution in [-0.2, 0) is 0 Å². The normalized spacial score (nSPS) is 17.5. The lowest BCUT2D eigenvalue weighted by Crippen LogP contribution is -2.39. The van der Waals surface area contributed by atoms with Gasteiger partial charge >= 0.3 is 0 Å². The number of pyridine rings is 1. The Bertz CT molecular complexity index is 470. The molecule has 2 rings (SSSR count). The van der Waals surface area contributed by atoms with E-state index in [1.807, 2.05) is 6.92 Å². The zero-order valence-corrected chi connectivity index (χ0v) is 12.1. The lowest BCUT2D eigenvalue weighted by Gasteiger charge is -2.28. The number of rotatable bonds is 4. The number of aromatic nitrogens is 1. The van der Waals surface area contributed by atoms with Gasteiger partial charge in [-0.3, -0.25) is 4.79 Å². The van der Waals surface area contributed by atoms with Gasteiger partial charge in [-0.25, -0.2) is 4.98 Å². The van der Waals surface area contributed by atoms with E-state index in [0.717, 1.165) is 12.8 Å². The minimum Gasteiger partial charge on any atom is -0.503 e. The summed E-state index contributed by atoms with van der Waals surface area (Å²) in [4.78, 5) is 16.1. The van der Waals surface area contributed by atoms with Crippen LogP contribution < -0.4 is 10.1 Å². The largest absolute Gasteiger partial charge is 0.503 e. The molecule has 0 aliphatic heterocycles. The Morgan fingerprint density at radius 1 is 1.45 bits per heavy atom. The molecule has 1 unspecified atom stereocenters. The minimum atomic E-state index is -0.348. The first-order chi connectivity index (χ1) is 9.63. The molecule has 1 aromatic heterocycles. The number of hydrogen-bond donors (Lipinski definition) is 2. The molecule has 5 nitrogen and oxygen atoms in total. The number of aromatic hydroxyl groups is 1. The second-order valence-corrected chi connectivity index (χ2v) is 5.37. The average molecular weight is 278 g/mol. The molecule has 1 aromatic rings. The summed E-state index contributed by atoms with van der Waals surface area (Å²) in [6, 6.07) is 1.62. The molecule has 5 heteroatoms. The number of nitrogens with one attached hydrogen (secondary N) is 1. The lowest BCUT2D eigenvalue weighted by molar-refractivity contribution is 0.0910. The highest BCUT2D eigenvalue weighted by molar-refractivity contribution is 5.95. The molecule has 1 fully saturated rings. The van der Waals surface area contributed by atoms with Crippen LogP contribution in [0, 0.1) is 5.92 Å². The molecule has 1 atom stereocenters. The van der Waals surface area contributed by atoms with Crippen LogP contribution in [0.3, 0.4) is 0 Å². The van der Waals surface area contributed by atoms with Gasteiger partial charge in [-0.2, -0.15) is 0 Å². The van der Waals surface area contributed by atoms with Crippen molar-refractivity contribution in [1.82, 2.24) is 10.3 Å². The summed E-state index contributed by atoms with van der Waals surface area (Å²) < 4.78 is 4.99. The van der Waals surface area contributed by atoms with Gasteiger partial charge in [-0.1, -0.05) is 19.3 Å². The van der Waals surface area contributed by atoms with Crippen molar-refractivity contribution in [2.24, 2.45) is 5.92 Å². The van der Waals surface area contributed by atoms with Crippen LogP contribution >= 0.6 is 0 Å². The Morgan fingerprint density at radius 3 is 2.80 bits per heavy atom. The second-order valence-electron chi connectivity index (χ2n) is 5.37. The number of methoxy groups -OCH3 is 1. The van der Waals surface area contributed by atoms with E-state index in [2.05, 4.69) is 10.3 Å². The molecule has 1 amide bonds. The maximum atomic E-state index is 12.2. The van der Waals surface area contributed by atoms with Crippen molar-refractivity contribution in [1.29, 1.82) is 0 Å². The monoisotopic (exact) mass is 278 g/mol. The summed E-state index contributed by atoms with van der Waals surface area (Å²) in [5.74, 6) is 0.221. The highest BCUT2D eigenvalue weighted by atomic mass is 16.5. The van der Waals surface area contributed by atoms with E-state index in [1.165, 1.54) is 38.6 Å². The molecule has 110 valence electrons. The number of carbonyl (C=O) groups excluding carboxylic acids is 1. The first kappa shape index (κ1) is 14.6. The van der Waals surface area contributed by atoms with Gasteiger partial charge < -0.3 is 15.2 Å². The fraction of sp³-hybridized carbons (Fsp3) is 0.600. The Labute approximate surface area is 119 Å². The smallest absolute Gasteiger partial charge is 0.274 e. The standard InChI is InChI=1S/C15H22N2O3/c1-10(11-6-4-3-5-7-11)17-15(19)13-14(18)12(20-2)8-9-16-13/h8-11,18H,3-7H2,1-2H3,(H,17,19). The number of hydrogen-bond acceptors (Lipinski definition) is 4. The summed E-state index contributed by atoms with van der Waals surface area (Å²) in [5.41, 5.74) is 0.0204. The fourth-order valence-electron chi connectivity index (χ4n) is 2.79. The molecule has 1 heterocycles. The molecule has 20 heavy (non-hydrogen) atoms. The molecule has 0 spiro atoms. The summed E-state index contributed by atoms with van der Waals surface area (Å²) in [6.07, 6.45) is 7.51. The van der Waals surface area contributed by atoms with Gasteiger partial charge in [0, 0.05) is 18.3 Å². The van der Waals surface area contributed by atoms with E-state index in [9.17, 15) is 9.90 Å². The molecule has 0 saturated heterocycles. The van der Waals surface area contributed by atoms with Crippen molar-refractivity contribution in [3.63, 3.8) is 0 Å². The Kier molecular flexibility index (Phi) is 4.82. The third-order valence-electron chi connectivity index (χ3n) is 4.04. The molecule has 1 saturated carbocycles. The van der Waals surface area contributed by atoms with E-state index >= 15 is 0 Å². The maximum absolute atomic E-state index is 12.2. The van der Waals surface area contributed by atoms with Gasteiger partial charge in [0.1, 0.15) is 0 Å². The molecular weight excluding hydrogens is 256 g/mol. The van der Waals surface area contributed by atoms with Crippen molar-refractivity contribution in [3.05, 3.63) is 18.0 Å². The third kappa shape index (κ3) is 3.21. The van der Waals surface area contributed by atoms with Gasteiger partial charge in [0.25, 0.3) is 5.91 Å². The molecule has 1 aliphatic carbocycles. The van der Waals surface area contributed by atoms with E-state index in [4.69, 9.17) is 4.74 Å². The number of carbonyl (C=O) groups is 1. The van der Waals surface area contributed by atoms with Crippen LogP contribution in [0.2, 0.25) is 0 Å². The van der Waals surface area contributed by atoms with Crippen LogP contribution in [0.1, 0.15) is 49.5 Å². The third-order valence-corrected chi connectivity index (χ3v) is 4.04. The predicted octanol–water partition coefficient (Wildman–Crippen LogP) is 2.49. The number of nitrogens with zero attached hydrogens (tertiary/aromatic N) is 1. The van der Waals surface area contributed by atoms with Crippen LogP contribution in [0.5, 0.6) is 11.5 Å². The van der Waals surface area contributed by atoms with Gasteiger partial charge in [-0.05, 0) is 25.7 Å². The molecule has 0 radical (unpaired) electrons. The van der Waals surface area contributed by atoms with E-state index < -0.39 is 0 Å². The quantitative estimate of drug-likeness (QED) is 0.887. The molecular formula is C15H22N2O3. The predicted molar refractivity (Wildman–Crippen MR) is 76.0 cm³/mol. The lowest BCUT2D eigenvalue weighted by atomic mass is 9.84. The van der Waals surface area contributed by atoms with Crippen LogP contribution in [-0.4, -0.2) is 29.1 Å². The van der Waals surface area contributed by atoms with E-state index in [-0.39, 0.29) is 29.1 Å². The van der Waals surface area contributed by atoms with Crippen LogP contribution in [0.25, 0.3) is 0 Å². The van der Waals surface area contributed by atoms with Crippen molar-refractivity contribution in [2.75, 3.05) is 7.11 Å². The second kappa shape index (κ2) is 6.59. The zero-order valence-electron chi connectivity index (χ0n) is 12.1. The zero-order chi connectivity index (χ0) is 14.5. The first-order valence-electron chi connectivity index (χ1n) is 7.16. The molecule has 0 aromatic carbocycles. The average Bonchev–Trinajstić information content (AvgIpc) is 2.48. The number of amides is 1. The summed E-state index contributed by atoms with van der Waals surface area (Å²) >= 11 is 0. The van der Waals surface area contributed by atoms with E-state index in [0.29, 0.717) is 5.92 Å². The highest BCUT2D eigenvalue weighted by Crippen LogP contribution is 2.29. The topological polar surface area (TPSA) is 71.5 Å². The summed E-state index contributed by atoms with van der Waals surface area (Å²) in [6.45, 7) is 2.02. The SMILES string of the molecule is COc1ccnc(C(=O)NC(C)C2CCCCC2)c1O. The fourth-order valence-corrected chi connectivity index (χ4v) is 2.79.